The van der Waals surface area contributed by atoms with Crippen molar-refractivity contribution in [3.63, 3.8) is 0 Å². The van der Waals surface area contributed by atoms with Crippen LogP contribution in [0.1, 0.15) is 24.0 Å². The molecule has 0 aliphatic heterocycles. The van der Waals surface area contributed by atoms with Crippen LogP contribution >= 0.6 is 0 Å². The summed E-state index contributed by atoms with van der Waals surface area (Å²) in [5.74, 6) is 0.491. The Bertz CT molecular complexity index is 742. The van der Waals surface area contributed by atoms with Gasteiger partial charge in [-0.15, -0.1) is 13.2 Å². The molecule has 0 aliphatic rings. The quantitative estimate of drug-likeness (QED) is 0.663. The molecular formula is C19H19F3N2O2. The van der Waals surface area contributed by atoms with E-state index < -0.39 is 6.36 Å². The van der Waals surface area contributed by atoms with Crippen LogP contribution in [0.25, 0.3) is 0 Å². The summed E-state index contributed by atoms with van der Waals surface area (Å²) < 4.78 is 46.9. The number of alkyl halides is 3. The molecule has 4 nitrogen and oxygen atoms in total. The van der Waals surface area contributed by atoms with Crippen LogP contribution in [-0.2, 0) is 13.1 Å². The predicted octanol–water partition coefficient (Wildman–Crippen LogP) is 4.56. The second kappa shape index (κ2) is 9.68. The molecule has 0 aliphatic carbocycles. The highest BCUT2D eigenvalue weighted by Crippen LogP contribution is 2.26. The van der Waals surface area contributed by atoms with Crippen molar-refractivity contribution < 1.29 is 22.6 Å². The van der Waals surface area contributed by atoms with E-state index in [9.17, 15) is 13.2 Å². The van der Waals surface area contributed by atoms with Crippen molar-refractivity contribution in [1.29, 1.82) is 5.26 Å². The second-order valence-corrected chi connectivity index (χ2v) is 5.52. The molecular weight excluding hydrogens is 345 g/mol. The summed E-state index contributed by atoms with van der Waals surface area (Å²) in [5.41, 5.74) is 1.37. The number of benzene rings is 2. The summed E-state index contributed by atoms with van der Waals surface area (Å²) in [6, 6.07) is 15.5. The van der Waals surface area contributed by atoms with Crippen LogP contribution in [0.2, 0.25) is 0 Å². The third kappa shape index (κ3) is 7.03. The Labute approximate surface area is 150 Å². The van der Waals surface area contributed by atoms with Gasteiger partial charge in [0.1, 0.15) is 11.5 Å². The van der Waals surface area contributed by atoms with E-state index in [1.54, 1.807) is 12.1 Å². The van der Waals surface area contributed by atoms with Gasteiger partial charge in [-0.1, -0.05) is 30.3 Å². The molecule has 2 aromatic carbocycles. The van der Waals surface area contributed by atoms with Gasteiger partial charge in [-0.05, 0) is 30.2 Å². The van der Waals surface area contributed by atoms with Crippen molar-refractivity contribution in [3.8, 4) is 17.6 Å². The van der Waals surface area contributed by atoms with Crippen LogP contribution < -0.4 is 14.8 Å². The molecule has 2 aromatic rings. The number of nitrogens with one attached hydrogen (secondary N) is 1. The number of nitriles is 1. The lowest BCUT2D eigenvalue weighted by Gasteiger charge is -2.14. The maximum atomic E-state index is 12.4. The van der Waals surface area contributed by atoms with Gasteiger partial charge in [-0.2, -0.15) is 5.26 Å². The number of nitrogens with zero attached hydrogens (tertiary/aromatic N) is 1. The number of ether oxygens (including phenoxy) is 2. The number of hydrogen-bond acceptors (Lipinski definition) is 4. The highest BCUT2D eigenvalue weighted by Gasteiger charge is 2.31. The molecule has 0 bridgehead atoms. The van der Waals surface area contributed by atoms with Gasteiger partial charge in [-0.3, -0.25) is 0 Å². The second-order valence-electron chi connectivity index (χ2n) is 5.52. The monoisotopic (exact) mass is 364 g/mol. The van der Waals surface area contributed by atoms with Crippen LogP contribution in [0.4, 0.5) is 13.2 Å². The van der Waals surface area contributed by atoms with E-state index in [0.29, 0.717) is 37.3 Å². The van der Waals surface area contributed by atoms with Gasteiger partial charge in [-0.25, -0.2) is 0 Å². The topological polar surface area (TPSA) is 54.3 Å². The van der Waals surface area contributed by atoms with E-state index in [1.807, 2.05) is 24.3 Å². The molecule has 0 amide bonds. The fourth-order valence-electron chi connectivity index (χ4n) is 2.30. The van der Waals surface area contributed by atoms with E-state index in [-0.39, 0.29) is 12.3 Å². The first-order chi connectivity index (χ1) is 12.5. The highest BCUT2D eigenvalue weighted by molar-refractivity contribution is 5.33. The minimum absolute atomic E-state index is 0.206. The Morgan fingerprint density at radius 2 is 1.85 bits per heavy atom. The van der Waals surface area contributed by atoms with Gasteiger partial charge in [0, 0.05) is 25.1 Å². The summed E-state index contributed by atoms with van der Waals surface area (Å²) in [7, 11) is 0. The Morgan fingerprint density at radius 1 is 1.04 bits per heavy atom. The molecule has 26 heavy (non-hydrogen) atoms. The van der Waals surface area contributed by atoms with E-state index in [4.69, 9.17) is 10.00 Å². The fourth-order valence-corrected chi connectivity index (χ4v) is 2.30. The average Bonchev–Trinajstić information content (AvgIpc) is 2.59. The van der Waals surface area contributed by atoms with E-state index in [2.05, 4.69) is 16.1 Å². The summed E-state index contributed by atoms with van der Waals surface area (Å²) in [5, 5.41) is 11.6. The highest BCUT2D eigenvalue weighted by atomic mass is 19.4. The molecule has 0 saturated heterocycles. The van der Waals surface area contributed by atoms with Gasteiger partial charge < -0.3 is 14.8 Å². The molecule has 0 atom stereocenters. The van der Waals surface area contributed by atoms with Crippen LogP contribution in [0.15, 0.2) is 48.5 Å². The molecule has 1 N–H and O–H groups in total. The first-order valence-electron chi connectivity index (χ1n) is 8.11. The third-order valence-corrected chi connectivity index (χ3v) is 3.44. The molecule has 0 saturated carbocycles. The van der Waals surface area contributed by atoms with Crippen LogP contribution in [0, 0.1) is 11.3 Å². The normalized spacial score (nSPS) is 11.0. The van der Waals surface area contributed by atoms with Crippen LogP contribution in [0.5, 0.6) is 11.5 Å². The van der Waals surface area contributed by atoms with Gasteiger partial charge >= 0.3 is 6.36 Å². The molecule has 2 rings (SSSR count). The predicted molar refractivity (Wildman–Crippen MR) is 90.5 cm³/mol. The van der Waals surface area contributed by atoms with Crippen molar-refractivity contribution in [2.24, 2.45) is 0 Å². The Hall–Kier alpha value is -2.72. The molecule has 138 valence electrons. The Morgan fingerprint density at radius 3 is 2.62 bits per heavy atom. The maximum Gasteiger partial charge on any atom is 0.573 e. The molecule has 7 heteroatoms. The summed E-state index contributed by atoms with van der Waals surface area (Å²) >= 11 is 0. The fraction of sp³-hybridized carbons (Fsp3) is 0.316. The lowest BCUT2D eigenvalue weighted by Crippen LogP contribution is -2.20. The first kappa shape index (κ1) is 19.6. The minimum Gasteiger partial charge on any atom is -0.494 e. The number of para-hydroxylation sites is 1. The van der Waals surface area contributed by atoms with Crippen LogP contribution in [-0.4, -0.2) is 13.0 Å². The maximum absolute atomic E-state index is 12.4. The molecule has 0 radical (unpaired) electrons. The zero-order valence-corrected chi connectivity index (χ0v) is 14.1. The zero-order chi connectivity index (χ0) is 18.8. The zero-order valence-electron chi connectivity index (χ0n) is 14.1. The smallest absolute Gasteiger partial charge is 0.494 e. The Balaban J connectivity index is 1.87. The molecule has 0 spiro atoms. The first-order valence-corrected chi connectivity index (χ1v) is 8.11. The average molecular weight is 364 g/mol. The summed E-state index contributed by atoms with van der Waals surface area (Å²) in [6.07, 6.45) is -3.61. The number of halogens is 3. The van der Waals surface area contributed by atoms with Crippen molar-refractivity contribution >= 4 is 0 Å². The van der Waals surface area contributed by atoms with Crippen molar-refractivity contribution in [1.82, 2.24) is 5.32 Å². The molecule has 0 unspecified atom stereocenters. The van der Waals surface area contributed by atoms with Crippen LogP contribution in [0.3, 0.4) is 0 Å². The van der Waals surface area contributed by atoms with Crippen molar-refractivity contribution in [3.05, 3.63) is 59.7 Å². The van der Waals surface area contributed by atoms with E-state index >= 15 is 0 Å². The van der Waals surface area contributed by atoms with Gasteiger partial charge in [0.15, 0.2) is 0 Å². The molecule has 0 fully saturated rings. The SMILES string of the molecule is N#CCCCOc1cccc(CNCc2ccccc2OC(F)(F)F)c1. The Kier molecular flexibility index (Phi) is 7.30. The lowest BCUT2D eigenvalue weighted by atomic mass is 10.2. The lowest BCUT2D eigenvalue weighted by molar-refractivity contribution is -0.274. The van der Waals surface area contributed by atoms with E-state index in [0.717, 1.165) is 5.56 Å². The summed E-state index contributed by atoms with van der Waals surface area (Å²) in [6.45, 7) is 1.17. The van der Waals surface area contributed by atoms with Gasteiger partial charge in [0.2, 0.25) is 0 Å². The largest absolute Gasteiger partial charge is 0.573 e. The molecule has 0 heterocycles. The standard InChI is InChI=1S/C19H19F3N2O2/c20-19(21,22)26-18-9-2-1-7-16(18)14-24-13-15-6-5-8-17(12-15)25-11-4-3-10-23/h1-2,5-9,12,24H,3-4,11,13-14H2. The number of hydrogen-bond donors (Lipinski definition) is 1. The number of rotatable bonds is 9. The number of unbranched alkanes of at least 4 members (excludes halogenated alkanes) is 1. The van der Waals surface area contributed by atoms with E-state index in [1.165, 1.54) is 12.1 Å². The summed E-state index contributed by atoms with van der Waals surface area (Å²) in [4.78, 5) is 0. The third-order valence-electron chi connectivity index (χ3n) is 3.44. The molecule has 0 aromatic heterocycles. The van der Waals surface area contributed by atoms with Crippen molar-refractivity contribution in [2.45, 2.75) is 32.3 Å². The van der Waals surface area contributed by atoms with Crippen molar-refractivity contribution in [2.75, 3.05) is 6.61 Å². The van der Waals surface area contributed by atoms with Gasteiger partial charge in [0.05, 0.1) is 12.7 Å². The minimum atomic E-state index is -4.71. The van der Waals surface area contributed by atoms with Gasteiger partial charge in [0.25, 0.3) is 0 Å².